The van der Waals surface area contributed by atoms with Gasteiger partial charge in [0.05, 0.1) is 11.9 Å². The minimum Gasteiger partial charge on any atom is -0.338 e. The topological polar surface area (TPSA) is 84.0 Å². The SMILES string of the molecule is Cc1ccc(Nc2nc(Nc3ccc4c(c3)CC(F)C(=O)CC4)ncc2Cl)c(P(C)(C)=O)c1. The molecule has 0 spiro atoms. The zero-order chi connectivity index (χ0) is 23.8. The summed E-state index contributed by atoms with van der Waals surface area (Å²) in [6.07, 6.45) is 0.838. The van der Waals surface area contributed by atoms with Gasteiger partial charge in [0.1, 0.15) is 12.2 Å². The average molecular weight is 487 g/mol. The first kappa shape index (κ1) is 23.4. The maximum absolute atomic E-state index is 14.1. The molecule has 1 aliphatic rings. The highest BCUT2D eigenvalue weighted by atomic mass is 35.5. The summed E-state index contributed by atoms with van der Waals surface area (Å²) in [5.41, 5.74) is 4.15. The van der Waals surface area contributed by atoms with Crippen LogP contribution in [0.3, 0.4) is 0 Å². The molecule has 0 bridgehead atoms. The van der Waals surface area contributed by atoms with E-state index in [2.05, 4.69) is 20.6 Å². The third-order valence-corrected chi connectivity index (χ3v) is 7.39. The van der Waals surface area contributed by atoms with Crippen molar-refractivity contribution < 1.29 is 13.8 Å². The summed E-state index contributed by atoms with van der Waals surface area (Å²) in [6, 6.07) is 11.3. The number of benzene rings is 2. The van der Waals surface area contributed by atoms with Gasteiger partial charge in [-0.1, -0.05) is 29.3 Å². The highest BCUT2D eigenvalue weighted by Gasteiger charge is 2.23. The molecular formula is C24H25ClFN4O2P. The van der Waals surface area contributed by atoms with Gasteiger partial charge in [-0.3, -0.25) is 4.79 Å². The number of anilines is 4. The Morgan fingerprint density at radius 2 is 1.88 bits per heavy atom. The average Bonchev–Trinajstić information content (AvgIpc) is 2.89. The van der Waals surface area contributed by atoms with E-state index in [9.17, 15) is 13.8 Å². The molecular weight excluding hydrogens is 462 g/mol. The van der Waals surface area contributed by atoms with Crippen molar-refractivity contribution in [1.82, 2.24) is 9.97 Å². The quantitative estimate of drug-likeness (QED) is 0.362. The van der Waals surface area contributed by atoms with Crippen LogP contribution in [0.15, 0.2) is 42.6 Å². The zero-order valence-electron chi connectivity index (χ0n) is 18.7. The Balaban J connectivity index is 1.60. The van der Waals surface area contributed by atoms with Gasteiger partial charge >= 0.3 is 0 Å². The lowest BCUT2D eigenvalue weighted by Gasteiger charge is -2.17. The molecule has 3 aromatic rings. The third-order valence-electron chi connectivity index (χ3n) is 5.58. The standard InChI is InChI=1S/C24H25ClFN4O2P/c1-14-4-8-20(22(10-14)33(2,3)32)29-23-18(25)13-27-24(30-23)28-17-7-5-15-6-9-21(31)19(26)12-16(15)11-17/h4-5,7-8,10-11,13,19H,6,9,12H2,1-3H3,(H2,27,28,29,30). The van der Waals surface area contributed by atoms with E-state index < -0.39 is 13.3 Å². The molecule has 1 aromatic heterocycles. The van der Waals surface area contributed by atoms with Crippen LogP contribution in [0.4, 0.5) is 27.5 Å². The van der Waals surface area contributed by atoms with E-state index in [0.29, 0.717) is 39.9 Å². The highest BCUT2D eigenvalue weighted by Crippen LogP contribution is 2.39. The minimum absolute atomic E-state index is 0.0717. The Kier molecular flexibility index (Phi) is 6.55. The van der Waals surface area contributed by atoms with Crippen LogP contribution in [0.25, 0.3) is 0 Å². The van der Waals surface area contributed by atoms with Gasteiger partial charge in [0.25, 0.3) is 0 Å². The van der Waals surface area contributed by atoms with E-state index in [-0.39, 0.29) is 18.6 Å². The molecule has 172 valence electrons. The summed E-state index contributed by atoms with van der Waals surface area (Å²) in [7, 11) is -2.55. The number of carbonyl (C=O) groups is 1. The van der Waals surface area contributed by atoms with Crippen LogP contribution < -0.4 is 15.9 Å². The van der Waals surface area contributed by atoms with E-state index in [1.165, 1.54) is 6.20 Å². The Bertz CT molecular complexity index is 1280. The lowest BCUT2D eigenvalue weighted by molar-refractivity contribution is -0.123. The normalized spacial score (nSPS) is 16.2. The summed E-state index contributed by atoms with van der Waals surface area (Å²) < 4.78 is 26.9. The van der Waals surface area contributed by atoms with E-state index in [1.807, 2.05) is 43.3 Å². The molecule has 1 atom stereocenters. The number of halogens is 2. The van der Waals surface area contributed by atoms with Crippen molar-refractivity contribution >= 4 is 53.0 Å². The van der Waals surface area contributed by atoms with Crippen molar-refractivity contribution in [2.75, 3.05) is 24.0 Å². The van der Waals surface area contributed by atoms with E-state index in [1.54, 1.807) is 13.3 Å². The zero-order valence-corrected chi connectivity index (χ0v) is 20.3. The van der Waals surface area contributed by atoms with Crippen molar-refractivity contribution in [3.63, 3.8) is 0 Å². The summed E-state index contributed by atoms with van der Waals surface area (Å²) in [6.45, 7) is 5.38. The number of aromatic nitrogens is 2. The van der Waals surface area contributed by atoms with Gasteiger partial charge in [-0.05, 0) is 62.1 Å². The number of hydrogen-bond acceptors (Lipinski definition) is 6. The largest absolute Gasteiger partial charge is 0.338 e. The number of ketones is 1. The molecule has 4 rings (SSSR count). The molecule has 1 unspecified atom stereocenters. The van der Waals surface area contributed by atoms with Gasteiger partial charge in [-0.15, -0.1) is 0 Å². The molecule has 0 aliphatic heterocycles. The van der Waals surface area contributed by atoms with Crippen molar-refractivity contribution in [2.24, 2.45) is 0 Å². The predicted octanol–water partition coefficient (Wildman–Crippen LogP) is 5.57. The van der Waals surface area contributed by atoms with Gasteiger partial charge in [-0.25, -0.2) is 9.37 Å². The fourth-order valence-corrected chi connectivity index (χ4v) is 5.19. The molecule has 0 saturated carbocycles. The number of aryl methyl sites for hydroxylation is 2. The Morgan fingerprint density at radius 1 is 1.09 bits per heavy atom. The van der Waals surface area contributed by atoms with Gasteiger partial charge in [-0.2, -0.15) is 4.98 Å². The second-order valence-electron chi connectivity index (χ2n) is 8.63. The van der Waals surface area contributed by atoms with Crippen LogP contribution in [0.1, 0.15) is 23.1 Å². The van der Waals surface area contributed by atoms with Gasteiger partial charge in [0.15, 0.2) is 17.8 Å². The molecule has 0 saturated heterocycles. The Labute approximate surface area is 197 Å². The van der Waals surface area contributed by atoms with E-state index >= 15 is 0 Å². The molecule has 2 aromatic carbocycles. The first-order valence-corrected chi connectivity index (χ1v) is 13.6. The van der Waals surface area contributed by atoms with Gasteiger partial charge < -0.3 is 15.2 Å². The second kappa shape index (κ2) is 9.24. The lowest BCUT2D eigenvalue weighted by atomic mass is 10.0. The second-order valence-corrected chi connectivity index (χ2v) is 12.2. The highest BCUT2D eigenvalue weighted by molar-refractivity contribution is 7.70. The number of nitrogens with one attached hydrogen (secondary N) is 2. The predicted molar refractivity (Wildman–Crippen MR) is 132 cm³/mol. The molecule has 33 heavy (non-hydrogen) atoms. The molecule has 1 heterocycles. The summed E-state index contributed by atoms with van der Waals surface area (Å²) in [5.74, 6) is 0.321. The first-order valence-electron chi connectivity index (χ1n) is 10.6. The Hall–Kier alpha value is -2.76. The maximum atomic E-state index is 14.1. The van der Waals surface area contributed by atoms with Gasteiger partial charge in [0.2, 0.25) is 5.95 Å². The molecule has 0 amide bonds. The number of Topliss-reactive ketones (excluding diaryl/α,β-unsaturated/α-hetero) is 1. The van der Waals surface area contributed by atoms with Crippen LogP contribution in [0, 0.1) is 6.92 Å². The first-order chi connectivity index (χ1) is 15.6. The fourth-order valence-electron chi connectivity index (χ4n) is 3.82. The molecule has 6 nitrogen and oxygen atoms in total. The maximum Gasteiger partial charge on any atom is 0.229 e. The number of hydrogen-bond donors (Lipinski definition) is 2. The van der Waals surface area contributed by atoms with Crippen molar-refractivity contribution in [1.29, 1.82) is 0 Å². The minimum atomic E-state index is -2.55. The number of nitrogens with zero attached hydrogens (tertiary/aromatic N) is 2. The van der Waals surface area contributed by atoms with Crippen LogP contribution in [-0.4, -0.2) is 35.3 Å². The van der Waals surface area contributed by atoms with Crippen molar-refractivity contribution in [3.8, 4) is 0 Å². The number of alkyl halides is 1. The fraction of sp³-hybridized carbons (Fsp3) is 0.292. The molecule has 9 heteroatoms. The van der Waals surface area contributed by atoms with Gasteiger partial charge in [0, 0.05) is 23.8 Å². The molecule has 0 radical (unpaired) electrons. The monoisotopic (exact) mass is 486 g/mol. The van der Waals surface area contributed by atoms with Crippen LogP contribution in [0.2, 0.25) is 5.02 Å². The summed E-state index contributed by atoms with van der Waals surface area (Å²) >= 11 is 6.33. The lowest BCUT2D eigenvalue weighted by Crippen LogP contribution is -2.15. The summed E-state index contributed by atoms with van der Waals surface area (Å²) in [5, 5.41) is 7.34. The van der Waals surface area contributed by atoms with Crippen LogP contribution >= 0.6 is 18.7 Å². The number of fused-ring (bicyclic) bond motifs is 1. The summed E-state index contributed by atoms with van der Waals surface area (Å²) in [4.78, 5) is 20.5. The smallest absolute Gasteiger partial charge is 0.229 e. The van der Waals surface area contributed by atoms with E-state index in [4.69, 9.17) is 11.6 Å². The van der Waals surface area contributed by atoms with Crippen molar-refractivity contribution in [2.45, 2.75) is 32.4 Å². The molecule has 2 N–H and O–H groups in total. The molecule has 0 fully saturated rings. The molecule has 1 aliphatic carbocycles. The van der Waals surface area contributed by atoms with E-state index in [0.717, 1.165) is 16.7 Å². The van der Waals surface area contributed by atoms with Crippen LogP contribution in [-0.2, 0) is 22.2 Å². The third kappa shape index (κ3) is 5.43. The van der Waals surface area contributed by atoms with Crippen LogP contribution in [0.5, 0.6) is 0 Å². The van der Waals surface area contributed by atoms with Crippen molar-refractivity contribution in [3.05, 3.63) is 64.3 Å². The Morgan fingerprint density at radius 3 is 2.64 bits per heavy atom. The number of carbonyl (C=O) groups excluding carboxylic acids is 1. The number of rotatable bonds is 5.